The maximum Gasteiger partial charge on any atom is 0.416 e. The smallest absolute Gasteiger partial charge is 0.416 e. The molecular weight excluding hydrogens is 574 g/mol. The Hall–Kier alpha value is -4.45. The second-order valence-electron chi connectivity index (χ2n) is 12.8. The van der Waals surface area contributed by atoms with Crippen LogP contribution in [0.1, 0.15) is 70.9 Å². The molecule has 2 aliphatic rings. The Kier molecular flexibility index (Phi) is 9.42. The fraction of sp³-hybridized carbons (Fsp3) is 0.485. The van der Waals surface area contributed by atoms with Crippen LogP contribution in [0.2, 0.25) is 0 Å². The monoisotopic (exact) mass is 617 g/mol. The van der Waals surface area contributed by atoms with Crippen molar-refractivity contribution in [2.24, 2.45) is 0 Å². The van der Waals surface area contributed by atoms with Gasteiger partial charge in [-0.25, -0.2) is 9.78 Å². The van der Waals surface area contributed by atoms with Gasteiger partial charge in [-0.15, -0.1) is 0 Å². The zero-order chi connectivity index (χ0) is 32.3. The molecule has 12 nitrogen and oxygen atoms in total. The average Bonchev–Trinajstić information content (AvgIpc) is 3.39. The third-order valence-electron chi connectivity index (χ3n) is 7.88. The largest absolute Gasteiger partial charge is 0.443 e. The molecule has 12 heteroatoms. The van der Waals surface area contributed by atoms with Gasteiger partial charge in [-0.05, 0) is 69.7 Å². The van der Waals surface area contributed by atoms with E-state index in [4.69, 9.17) is 14.5 Å². The molecule has 2 N–H and O–H groups in total. The lowest BCUT2D eigenvalue weighted by Gasteiger charge is -2.39. The Morgan fingerprint density at radius 3 is 2.58 bits per heavy atom. The summed E-state index contributed by atoms with van der Waals surface area (Å²) in [5.74, 6) is 0.760. The Labute approximate surface area is 263 Å². The van der Waals surface area contributed by atoms with Crippen LogP contribution in [0.25, 0.3) is 5.65 Å². The van der Waals surface area contributed by atoms with E-state index in [2.05, 4.69) is 36.2 Å². The molecule has 2 fully saturated rings. The van der Waals surface area contributed by atoms with Crippen LogP contribution in [-0.4, -0.2) is 74.8 Å². The fourth-order valence-corrected chi connectivity index (χ4v) is 5.44. The van der Waals surface area contributed by atoms with E-state index in [0.717, 1.165) is 24.0 Å². The van der Waals surface area contributed by atoms with Crippen molar-refractivity contribution in [1.82, 2.24) is 19.5 Å². The topological polar surface area (TPSA) is 130 Å². The standard InChI is InChI=1S/C33H43N7O5/c1-7-29(41)38-14-11-26(38)31(42)36-24-10-8-9-22(17-24)20-39(32(43)45-33(4,5)6)28-18-27(35-23-12-15-44-16-13-23)37-30-25(21(2)3)19-34-40(28)30/h7-10,17-19,21,23,26H,1,11-16,20H2,2-6H3,(H,35,37)(H,36,42). The highest BCUT2D eigenvalue weighted by Crippen LogP contribution is 2.30. The highest BCUT2D eigenvalue weighted by atomic mass is 16.6. The number of hydrogen-bond donors (Lipinski definition) is 2. The fourth-order valence-electron chi connectivity index (χ4n) is 5.44. The minimum absolute atomic E-state index is 0.135. The number of amides is 3. The summed E-state index contributed by atoms with van der Waals surface area (Å²) in [7, 11) is 0. The number of likely N-dealkylation sites (tertiary alicyclic amines) is 1. The quantitative estimate of drug-likeness (QED) is 0.317. The van der Waals surface area contributed by atoms with Gasteiger partial charge in [-0.1, -0.05) is 32.6 Å². The van der Waals surface area contributed by atoms with Crippen molar-refractivity contribution in [2.75, 3.05) is 35.3 Å². The van der Waals surface area contributed by atoms with Crippen LogP contribution in [0.5, 0.6) is 0 Å². The molecule has 2 aliphatic heterocycles. The summed E-state index contributed by atoms with van der Waals surface area (Å²) in [6.07, 6.45) is 4.76. The third-order valence-corrected chi connectivity index (χ3v) is 7.88. The molecule has 0 saturated carbocycles. The van der Waals surface area contributed by atoms with E-state index in [1.807, 2.05) is 45.0 Å². The molecule has 3 amide bonds. The Balaban J connectivity index is 1.49. The van der Waals surface area contributed by atoms with E-state index in [0.29, 0.717) is 49.1 Å². The van der Waals surface area contributed by atoms with Crippen molar-refractivity contribution in [3.05, 3.63) is 60.3 Å². The van der Waals surface area contributed by atoms with Crippen LogP contribution in [0.15, 0.2) is 49.2 Å². The molecule has 1 aromatic carbocycles. The zero-order valence-corrected chi connectivity index (χ0v) is 26.7. The van der Waals surface area contributed by atoms with Crippen molar-refractivity contribution < 1.29 is 23.9 Å². The number of ether oxygens (including phenoxy) is 2. The SMILES string of the molecule is C=CC(=O)N1CCC1C(=O)Nc1cccc(CN(C(=O)OC(C)(C)C)c2cc(NC3CCOCC3)nc3c(C(C)C)cnn23)c1. The van der Waals surface area contributed by atoms with Gasteiger partial charge in [-0.3, -0.25) is 14.5 Å². The number of benzene rings is 1. The predicted octanol–water partition coefficient (Wildman–Crippen LogP) is 5.11. The first kappa shape index (κ1) is 32.0. The van der Waals surface area contributed by atoms with Gasteiger partial charge in [0.15, 0.2) is 5.65 Å². The van der Waals surface area contributed by atoms with Gasteiger partial charge in [0.05, 0.1) is 12.7 Å². The second-order valence-corrected chi connectivity index (χ2v) is 12.8. The van der Waals surface area contributed by atoms with E-state index >= 15 is 0 Å². The zero-order valence-electron chi connectivity index (χ0n) is 26.7. The predicted molar refractivity (Wildman–Crippen MR) is 172 cm³/mol. The molecule has 240 valence electrons. The van der Waals surface area contributed by atoms with Crippen LogP contribution < -0.4 is 15.5 Å². The minimum atomic E-state index is -0.745. The Bertz CT molecular complexity index is 1570. The van der Waals surface area contributed by atoms with Crippen molar-refractivity contribution in [3.63, 3.8) is 0 Å². The molecule has 0 bridgehead atoms. The highest BCUT2D eigenvalue weighted by Gasteiger charge is 2.36. The number of hydrogen-bond acceptors (Lipinski definition) is 8. The van der Waals surface area contributed by atoms with Gasteiger partial charge in [0.2, 0.25) is 11.8 Å². The highest BCUT2D eigenvalue weighted by molar-refractivity contribution is 6.00. The molecule has 1 atom stereocenters. The molecule has 0 spiro atoms. The minimum Gasteiger partial charge on any atom is -0.443 e. The summed E-state index contributed by atoms with van der Waals surface area (Å²) in [6.45, 7) is 15.2. The summed E-state index contributed by atoms with van der Waals surface area (Å²) >= 11 is 0. The van der Waals surface area contributed by atoms with Crippen molar-refractivity contribution in [1.29, 1.82) is 0 Å². The number of rotatable bonds is 9. The number of carbonyl (C=O) groups excluding carboxylic acids is 3. The van der Waals surface area contributed by atoms with Gasteiger partial charge in [0.1, 0.15) is 23.3 Å². The van der Waals surface area contributed by atoms with Crippen LogP contribution >= 0.6 is 0 Å². The molecule has 2 aromatic heterocycles. The lowest BCUT2D eigenvalue weighted by Crippen LogP contribution is -2.56. The molecule has 1 unspecified atom stereocenters. The van der Waals surface area contributed by atoms with Gasteiger partial charge in [0, 0.05) is 43.1 Å². The van der Waals surface area contributed by atoms with E-state index in [9.17, 15) is 14.4 Å². The third kappa shape index (κ3) is 7.44. The summed E-state index contributed by atoms with van der Waals surface area (Å²) in [5, 5.41) is 11.1. The van der Waals surface area contributed by atoms with Crippen molar-refractivity contribution in [2.45, 2.75) is 84.0 Å². The number of fused-ring (bicyclic) bond motifs is 1. The van der Waals surface area contributed by atoms with E-state index in [1.165, 1.54) is 11.0 Å². The van der Waals surface area contributed by atoms with Crippen molar-refractivity contribution in [3.8, 4) is 0 Å². The van der Waals surface area contributed by atoms with E-state index < -0.39 is 17.7 Å². The first-order valence-corrected chi connectivity index (χ1v) is 15.5. The first-order valence-electron chi connectivity index (χ1n) is 15.5. The molecule has 3 aromatic rings. The number of aromatic nitrogens is 3. The lowest BCUT2D eigenvalue weighted by atomic mass is 10.0. The van der Waals surface area contributed by atoms with Crippen molar-refractivity contribution >= 4 is 40.9 Å². The van der Waals surface area contributed by atoms with Gasteiger partial charge in [0.25, 0.3) is 0 Å². The normalized spacial score (nSPS) is 17.1. The van der Waals surface area contributed by atoms with Crippen LogP contribution in [0, 0.1) is 0 Å². The number of nitrogens with zero attached hydrogens (tertiary/aromatic N) is 5. The van der Waals surface area contributed by atoms with Gasteiger partial charge in [-0.2, -0.15) is 9.61 Å². The molecule has 45 heavy (non-hydrogen) atoms. The molecular formula is C33H43N7O5. The number of nitrogens with one attached hydrogen (secondary N) is 2. The molecule has 0 aliphatic carbocycles. The average molecular weight is 618 g/mol. The maximum absolute atomic E-state index is 13.9. The molecule has 4 heterocycles. The summed E-state index contributed by atoms with van der Waals surface area (Å²) in [6, 6.07) is 8.77. The lowest BCUT2D eigenvalue weighted by molar-refractivity contribution is -0.141. The van der Waals surface area contributed by atoms with Crippen LogP contribution in [0.3, 0.4) is 0 Å². The number of anilines is 3. The summed E-state index contributed by atoms with van der Waals surface area (Å²) in [5.41, 5.74) is 2.19. The Morgan fingerprint density at radius 2 is 1.93 bits per heavy atom. The van der Waals surface area contributed by atoms with Gasteiger partial charge < -0.3 is 25.0 Å². The first-order chi connectivity index (χ1) is 21.4. The van der Waals surface area contributed by atoms with E-state index in [1.54, 1.807) is 21.7 Å². The summed E-state index contributed by atoms with van der Waals surface area (Å²) < 4.78 is 13.1. The Morgan fingerprint density at radius 1 is 1.18 bits per heavy atom. The van der Waals surface area contributed by atoms with Crippen LogP contribution in [0.4, 0.5) is 22.1 Å². The van der Waals surface area contributed by atoms with Gasteiger partial charge >= 0.3 is 6.09 Å². The molecule has 0 radical (unpaired) electrons. The number of carbonyl (C=O) groups is 3. The molecule has 2 saturated heterocycles. The second kappa shape index (κ2) is 13.3. The molecule has 5 rings (SSSR count). The summed E-state index contributed by atoms with van der Waals surface area (Å²) in [4.78, 5) is 46.9. The maximum atomic E-state index is 13.9. The van der Waals surface area contributed by atoms with Crippen LogP contribution in [-0.2, 0) is 25.6 Å². The van der Waals surface area contributed by atoms with E-state index in [-0.39, 0.29) is 30.3 Å².